The van der Waals surface area contributed by atoms with Gasteiger partial charge in [0.25, 0.3) is 0 Å². The van der Waals surface area contributed by atoms with Gasteiger partial charge in [0.1, 0.15) is 0 Å². The van der Waals surface area contributed by atoms with Crippen molar-refractivity contribution in [1.29, 1.82) is 0 Å². The first-order valence-electron chi connectivity index (χ1n) is 11.2. The third-order valence-corrected chi connectivity index (χ3v) is 8.41. The Kier molecular flexibility index (Phi) is 6.91. The first kappa shape index (κ1) is 22.2. The Morgan fingerprint density at radius 3 is 2.52 bits per heavy atom. The predicted octanol–water partition coefficient (Wildman–Crippen LogP) is 1.75. The largest absolute Gasteiger partial charge is 0.339 e. The number of nitrogens with one attached hydrogen (secondary N) is 1. The number of likely N-dealkylation sites (N-methyl/N-ethyl adjacent to an activating group) is 1. The Bertz CT molecular complexity index is 1020. The molecule has 2 aromatic rings. The van der Waals surface area contributed by atoms with Gasteiger partial charge in [-0.15, -0.1) is 0 Å². The zero-order chi connectivity index (χ0) is 21.8. The van der Waals surface area contributed by atoms with E-state index in [1.165, 1.54) is 17.1 Å². The van der Waals surface area contributed by atoms with Gasteiger partial charge < -0.3 is 10.2 Å². The molecule has 4 rings (SSSR count). The molecule has 1 amide bonds. The molecule has 7 nitrogen and oxygen atoms in total. The monoisotopic (exact) mass is 444 g/mol. The standard InChI is InChI=1S/C23H32N4O3S/c1-2-25-11-5-8-21(25)17-24-18-23(28)26-12-14-27(15-13-26)31(29,30)22-10-9-19-6-3-4-7-20(19)16-22/h3-4,6-7,9-10,16,21,24H,2,5,8,11-15,17-18H2,1H3. The van der Waals surface area contributed by atoms with Crippen LogP contribution in [0.1, 0.15) is 19.8 Å². The minimum absolute atomic E-state index is 0.0452. The second-order valence-electron chi connectivity index (χ2n) is 8.35. The number of nitrogens with zero attached hydrogens (tertiary/aromatic N) is 3. The van der Waals surface area contributed by atoms with Gasteiger partial charge in [0.15, 0.2) is 0 Å². The van der Waals surface area contributed by atoms with Crippen molar-refractivity contribution >= 4 is 26.7 Å². The second kappa shape index (κ2) is 9.65. The van der Waals surface area contributed by atoms with Gasteiger partial charge in [-0.1, -0.05) is 37.3 Å². The molecule has 8 heteroatoms. The molecule has 0 spiro atoms. The summed E-state index contributed by atoms with van der Waals surface area (Å²) in [4.78, 5) is 17.1. The maximum atomic E-state index is 13.1. The van der Waals surface area contributed by atoms with Gasteiger partial charge in [0.05, 0.1) is 11.4 Å². The summed E-state index contributed by atoms with van der Waals surface area (Å²) in [6, 6.07) is 13.5. The quantitative estimate of drug-likeness (QED) is 0.704. The van der Waals surface area contributed by atoms with Crippen molar-refractivity contribution in [2.24, 2.45) is 0 Å². The number of sulfonamides is 1. The molecule has 0 saturated carbocycles. The molecular weight excluding hydrogens is 412 g/mol. The van der Waals surface area contributed by atoms with E-state index in [1.54, 1.807) is 17.0 Å². The lowest BCUT2D eigenvalue weighted by molar-refractivity contribution is -0.131. The number of amides is 1. The van der Waals surface area contributed by atoms with Crippen LogP contribution in [0.4, 0.5) is 0 Å². The smallest absolute Gasteiger partial charge is 0.243 e. The minimum atomic E-state index is -3.57. The van der Waals surface area contributed by atoms with Crippen LogP contribution in [0.2, 0.25) is 0 Å². The Hall–Kier alpha value is -2.00. The van der Waals surface area contributed by atoms with E-state index in [2.05, 4.69) is 17.1 Å². The average Bonchev–Trinajstić information content (AvgIpc) is 3.26. The van der Waals surface area contributed by atoms with Crippen LogP contribution >= 0.6 is 0 Å². The summed E-state index contributed by atoms with van der Waals surface area (Å²) in [6.07, 6.45) is 2.40. The molecular formula is C23H32N4O3S. The van der Waals surface area contributed by atoms with Crippen molar-refractivity contribution in [2.75, 3.05) is 52.4 Å². The van der Waals surface area contributed by atoms with Gasteiger partial charge in [-0.25, -0.2) is 8.42 Å². The molecule has 2 heterocycles. The van der Waals surface area contributed by atoms with Crippen LogP contribution in [0.5, 0.6) is 0 Å². The molecule has 1 unspecified atom stereocenters. The topological polar surface area (TPSA) is 73.0 Å². The number of hydrogen-bond donors (Lipinski definition) is 1. The first-order valence-corrected chi connectivity index (χ1v) is 12.6. The van der Waals surface area contributed by atoms with Crippen LogP contribution in [0.15, 0.2) is 47.4 Å². The van der Waals surface area contributed by atoms with E-state index in [0.29, 0.717) is 43.7 Å². The highest BCUT2D eigenvalue weighted by molar-refractivity contribution is 7.89. The number of benzene rings is 2. The summed E-state index contributed by atoms with van der Waals surface area (Å²) in [5.74, 6) is 0.0452. The summed E-state index contributed by atoms with van der Waals surface area (Å²) in [5, 5.41) is 5.24. The van der Waals surface area contributed by atoms with Crippen LogP contribution in [0, 0.1) is 0 Å². The number of carbonyl (C=O) groups is 1. The van der Waals surface area contributed by atoms with Gasteiger partial charge in [0.2, 0.25) is 15.9 Å². The SMILES string of the molecule is CCN1CCCC1CNCC(=O)N1CCN(S(=O)(=O)c2ccc3ccccc3c2)CC1. The number of piperazine rings is 1. The van der Waals surface area contributed by atoms with Crippen molar-refractivity contribution in [3.05, 3.63) is 42.5 Å². The lowest BCUT2D eigenvalue weighted by Crippen LogP contribution is -2.52. The lowest BCUT2D eigenvalue weighted by Gasteiger charge is -2.34. The summed E-state index contributed by atoms with van der Waals surface area (Å²) in [6.45, 7) is 7.02. The maximum absolute atomic E-state index is 13.1. The van der Waals surface area contributed by atoms with E-state index < -0.39 is 10.0 Å². The molecule has 0 aromatic heterocycles. The molecule has 1 atom stereocenters. The van der Waals surface area contributed by atoms with Gasteiger partial charge in [0, 0.05) is 38.8 Å². The molecule has 0 aliphatic carbocycles. The first-order chi connectivity index (χ1) is 15.0. The molecule has 168 valence electrons. The fraction of sp³-hybridized carbons (Fsp3) is 0.522. The van der Waals surface area contributed by atoms with Crippen molar-refractivity contribution in [3.63, 3.8) is 0 Å². The predicted molar refractivity (Wildman–Crippen MR) is 122 cm³/mol. The molecule has 31 heavy (non-hydrogen) atoms. The van der Waals surface area contributed by atoms with E-state index >= 15 is 0 Å². The minimum Gasteiger partial charge on any atom is -0.339 e. The highest BCUT2D eigenvalue weighted by Gasteiger charge is 2.30. The van der Waals surface area contributed by atoms with Gasteiger partial charge in [-0.2, -0.15) is 4.31 Å². The summed E-state index contributed by atoms with van der Waals surface area (Å²) in [7, 11) is -3.57. The molecule has 2 aliphatic rings. The lowest BCUT2D eigenvalue weighted by atomic mass is 10.1. The van der Waals surface area contributed by atoms with Crippen LogP contribution in [0.25, 0.3) is 10.8 Å². The summed E-state index contributed by atoms with van der Waals surface area (Å²) in [5.41, 5.74) is 0. The van der Waals surface area contributed by atoms with Crippen molar-refractivity contribution < 1.29 is 13.2 Å². The highest BCUT2D eigenvalue weighted by atomic mass is 32.2. The Morgan fingerprint density at radius 2 is 1.77 bits per heavy atom. The Labute approximate surface area is 185 Å². The number of carbonyl (C=O) groups excluding carboxylic acids is 1. The summed E-state index contributed by atoms with van der Waals surface area (Å²) >= 11 is 0. The molecule has 2 aliphatic heterocycles. The van der Waals surface area contributed by atoms with E-state index in [1.807, 2.05) is 30.3 Å². The maximum Gasteiger partial charge on any atom is 0.243 e. The van der Waals surface area contributed by atoms with Crippen LogP contribution in [-0.2, 0) is 14.8 Å². The van der Waals surface area contributed by atoms with E-state index in [0.717, 1.165) is 30.4 Å². The number of hydrogen-bond acceptors (Lipinski definition) is 5. The molecule has 1 N–H and O–H groups in total. The fourth-order valence-electron chi connectivity index (χ4n) is 4.65. The zero-order valence-corrected chi connectivity index (χ0v) is 19.0. The molecule has 2 saturated heterocycles. The number of likely N-dealkylation sites (tertiary alicyclic amines) is 1. The van der Waals surface area contributed by atoms with Crippen LogP contribution < -0.4 is 5.32 Å². The van der Waals surface area contributed by atoms with Crippen LogP contribution in [0.3, 0.4) is 0 Å². The number of fused-ring (bicyclic) bond motifs is 1. The number of rotatable bonds is 7. The molecule has 2 aromatic carbocycles. The van der Waals surface area contributed by atoms with Gasteiger partial charge in [-0.3, -0.25) is 9.69 Å². The summed E-state index contributed by atoms with van der Waals surface area (Å²) < 4.78 is 27.7. The van der Waals surface area contributed by atoms with Crippen molar-refractivity contribution in [1.82, 2.24) is 19.4 Å². The zero-order valence-electron chi connectivity index (χ0n) is 18.2. The molecule has 0 bridgehead atoms. The van der Waals surface area contributed by atoms with E-state index in [4.69, 9.17) is 0 Å². The van der Waals surface area contributed by atoms with Crippen molar-refractivity contribution in [3.8, 4) is 0 Å². The third-order valence-electron chi connectivity index (χ3n) is 6.51. The second-order valence-corrected chi connectivity index (χ2v) is 10.3. The molecule has 2 fully saturated rings. The normalized spacial score (nSPS) is 21.1. The fourth-order valence-corrected chi connectivity index (χ4v) is 6.11. The van der Waals surface area contributed by atoms with Gasteiger partial charge in [-0.05, 0) is 48.8 Å². The van der Waals surface area contributed by atoms with E-state index in [-0.39, 0.29) is 5.91 Å². The van der Waals surface area contributed by atoms with Gasteiger partial charge >= 0.3 is 0 Å². The van der Waals surface area contributed by atoms with E-state index in [9.17, 15) is 13.2 Å². The Morgan fingerprint density at radius 1 is 1.03 bits per heavy atom. The van der Waals surface area contributed by atoms with Crippen LogP contribution in [-0.4, -0.2) is 86.8 Å². The average molecular weight is 445 g/mol. The van der Waals surface area contributed by atoms with Crippen molar-refractivity contribution in [2.45, 2.75) is 30.7 Å². The molecule has 0 radical (unpaired) electrons. The third kappa shape index (κ3) is 4.92. The highest BCUT2D eigenvalue weighted by Crippen LogP contribution is 2.23. The Balaban J connectivity index is 1.29.